The molecule has 2 aromatic heterocycles. The van der Waals surface area contributed by atoms with Crippen molar-refractivity contribution in [3.8, 4) is 5.69 Å². The second-order valence-electron chi connectivity index (χ2n) is 5.20. The second kappa shape index (κ2) is 5.75. The van der Waals surface area contributed by atoms with Crippen molar-refractivity contribution in [2.24, 2.45) is 0 Å². The number of imidazole rings is 1. The van der Waals surface area contributed by atoms with Gasteiger partial charge in [0.15, 0.2) is 5.65 Å². The third kappa shape index (κ3) is 2.90. The van der Waals surface area contributed by atoms with Crippen LogP contribution < -0.4 is 5.32 Å². The standard InChI is InChI=1S/C16H14F2N4O/c1-9(20-10(2)23)16-21-15-14(4-3-5-19-15)22(16)13-7-11(17)6-12(18)8-13/h3-9H,1-2H3,(H,20,23). The minimum absolute atomic E-state index is 0.227. The molecule has 0 radical (unpaired) electrons. The first-order valence-corrected chi connectivity index (χ1v) is 7.02. The normalized spacial score (nSPS) is 12.3. The number of hydrogen-bond acceptors (Lipinski definition) is 3. The topological polar surface area (TPSA) is 59.8 Å². The van der Waals surface area contributed by atoms with E-state index in [1.807, 2.05) is 0 Å². The highest BCUT2D eigenvalue weighted by Crippen LogP contribution is 2.25. The molecule has 118 valence electrons. The van der Waals surface area contributed by atoms with E-state index in [0.29, 0.717) is 17.0 Å². The maximum Gasteiger partial charge on any atom is 0.217 e. The Labute approximate surface area is 131 Å². The van der Waals surface area contributed by atoms with Crippen molar-refractivity contribution in [1.82, 2.24) is 19.9 Å². The highest BCUT2D eigenvalue weighted by Gasteiger charge is 2.19. The Kier molecular flexibility index (Phi) is 3.77. The molecule has 1 atom stereocenters. The van der Waals surface area contributed by atoms with E-state index in [2.05, 4.69) is 15.3 Å². The number of nitrogens with zero attached hydrogens (tertiary/aromatic N) is 3. The van der Waals surface area contributed by atoms with E-state index in [-0.39, 0.29) is 11.6 Å². The quantitative estimate of drug-likeness (QED) is 0.808. The van der Waals surface area contributed by atoms with Gasteiger partial charge in [0.05, 0.1) is 17.2 Å². The van der Waals surface area contributed by atoms with Crippen LogP contribution in [0.1, 0.15) is 25.7 Å². The predicted octanol–water partition coefficient (Wildman–Crippen LogP) is 2.90. The number of carbonyl (C=O) groups excluding carboxylic acids is 1. The molecule has 3 rings (SSSR count). The number of halogens is 2. The number of pyridine rings is 1. The third-order valence-electron chi connectivity index (χ3n) is 3.37. The first kappa shape index (κ1) is 15.1. The van der Waals surface area contributed by atoms with Crippen LogP contribution in [-0.4, -0.2) is 20.4 Å². The van der Waals surface area contributed by atoms with E-state index in [1.165, 1.54) is 19.1 Å². The Balaban J connectivity index is 2.26. The van der Waals surface area contributed by atoms with Gasteiger partial charge in [0.2, 0.25) is 5.91 Å². The fraction of sp³-hybridized carbons (Fsp3) is 0.188. The molecule has 0 aliphatic heterocycles. The molecule has 0 aliphatic rings. The number of aromatic nitrogens is 3. The van der Waals surface area contributed by atoms with Gasteiger partial charge in [-0.25, -0.2) is 18.7 Å². The fourth-order valence-corrected chi connectivity index (χ4v) is 2.53. The summed E-state index contributed by atoms with van der Waals surface area (Å²) in [5, 5.41) is 2.72. The average molecular weight is 316 g/mol. The highest BCUT2D eigenvalue weighted by atomic mass is 19.1. The summed E-state index contributed by atoms with van der Waals surface area (Å²) in [5.41, 5.74) is 1.32. The SMILES string of the molecule is CC(=O)NC(C)c1nc2ncccc2n1-c1cc(F)cc(F)c1. The van der Waals surface area contributed by atoms with E-state index in [9.17, 15) is 13.6 Å². The zero-order chi connectivity index (χ0) is 16.6. The van der Waals surface area contributed by atoms with Gasteiger partial charge in [-0.3, -0.25) is 9.36 Å². The van der Waals surface area contributed by atoms with Crippen molar-refractivity contribution in [1.29, 1.82) is 0 Å². The summed E-state index contributed by atoms with van der Waals surface area (Å²) in [6.07, 6.45) is 1.58. The number of hydrogen-bond donors (Lipinski definition) is 1. The van der Waals surface area contributed by atoms with Gasteiger partial charge in [-0.15, -0.1) is 0 Å². The number of carbonyl (C=O) groups is 1. The summed E-state index contributed by atoms with van der Waals surface area (Å²) in [6, 6.07) is 6.23. The van der Waals surface area contributed by atoms with Crippen molar-refractivity contribution in [2.45, 2.75) is 19.9 Å². The molecule has 1 amide bonds. The molecule has 0 aliphatic carbocycles. The molecule has 1 N–H and O–H groups in total. The summed E-state index contributed by atoms with van der Waals surface area (Å²) < 4.78 is 28.8. The maximum absolute atomic E-state index is 13.6. The van der Waals surface area contributed by atoms with Crippen molar-refractivity contribution in [3.63, 3.8) is 0 Å². The largest absolute Gasteiger partial charge is 0.347 e. The van der Waals surface area contributed by atoms with Gasteiger partial charge < -0.3 is 5.32 Å². The molecule has 23 heavy (non-hydrogen) atoms. The smallest absolute Gasteiger partial charge is 0.217 e. The summed E-state index contributed by atoms with van der Waals surface area (Å²) in [4.78, 5) is 19.9. The van der Waals surface area contributed by atoms with Crippen molar-refractivity contribution >= 4 is 17.1 Å². The lowest BCUT2D eigenvalue weighted by molar-refractivity contribution is -0.119. The first-order valence-electron chi connectivity index (χ1n) is 7.02. The van der Waals surface area contributed by atoms with Crippen LogP contribution in [0.3, 0.4) is 0 Å². The molecule has 1 aromatic carbocycles. The van der Waals surface area contributed by atoms with Crippen molar-refractivity contribution in [2.75, 3.05) is 0 Å². The first-order chi connectivity index (χ1) is 11.0. The van der Waals surface area contributed by atoms with Crippen LogP contribution >= 0.6 is 0 Å². The lowest BCUT2D eigenvalue weighted by Crippen LogP contribution is -2.26. The van der Waals surface area contributed by atoms with Crippen LogP contribution in [0.25, 0.3) is 16.9 Å². The van der Waals surface area contributed by atoms with Crippen LogP contribution in [-0.2, 0) is 4.79 Å². The molecule has 0 spiro atoms. The van der Waals surface area contributed by atoms with Gasteiger partial charge >= 0.3 is 0 Å². The second-order valence-corrected chi connectivity index (χ2v) is 5.20. The van der Waals surface area contributed by atoms with Gasteiger partial charge in [-0.05, 0) is 31.2 Å². The Morgan fingerprint density at radius 2 is 1.96 bits per heavy atom. The molecule has 1 unspecified atom stereocenters. The Hall–Kier alpha value is -2.83. The Morgan fingerprint density at radius 3 is 2.61 bits per heavy atom. The molecule has 7 heteroatoms. The molecule has 0 saturated heterocycles. The number of benzene rings is 1. The summed E-state index contributed by atoms with van der Waals surface area (Å²) in [5.74, 6) is -1.17. The van der Waals surface area contributed by atoms with Crippen molar-refractivity contribution in [3.05, 3.63) is 54.0 Å². The predicted molar refractivity (Wildman–Crippen MR) is 81.0 cm³/mol. The Bertz CT molecular complexity index is 871. The molecule has 0 saturated carbocycles. The van der Waals surface area contributed by atoms with Gasteiger partial charge in [-0.1, -0.05) is 0 Å². The zero-order valence-corrected chi connectivity index (χ0v) is 12.5. The van der Waals surface area contributed by atoms with E-state index < -0.39 is 17.7 Å². The number of fused-ring (bicyclic) bond motifs is 1. The fourth-order valence-electron chi connectivity index (χ4n) is 2.53. The zero-order valence-electron chi connectivity index (χ0n) is 12.5. The number of amides is 1. The molecule has 3 aromatic rings. The van der Waals surface area contributed by atoms with Gasteiger partial charge in [-0.2, -0.15) is 0 Å². The minimum Gasteiger partial charge on any atom is -0.347 e. The molecular formula is C16H14F2N4O. The molecule has 0 fully saturated rings. The third-order valence-corrected chi connectivity index (χ3v) is 3.37. The molecule has 0 bridgehead atoms. The van der Waals surface area contributed by atoms with Crippen molar-refractivity contribution < 1.29 is 13.6 Å². The van der Waals surface area contributed by atoms with E-state index >= 15 is 0 Å². The van der Waals surface area contributed by atoms with Crippen LogP contribution in [0.15, 0.2) is 36.5 Å². The average Bonchev–Trinajstić information content (AvgIpc) is 2.85. The summed E-state index contributed by atoms with van der Waals surface area (Å²) >= 11 is 0. The monoisotopic (exact) mass is 316 g/mol. The van der Waals surface area contributed by atoms with Crippen LogP contribution in [0.4, 0.5) is 8.78 Å². The van der Waals surface area contributed by atoms with Gasteiger partial charge in [0.25, 0.3) is 0 Å². The highest BCUT2D eigenvalue weighted by molar-refractivity contribution is 5.76. The van der Waals surface area contributed by atoms with Crippen LogP contribution in [0, 0.1) is 11.6 Å². The van der Waals surface area contributed by atoms with Gasteiger partial charge in [0, 0.05) is 19.2 Å². The lowest BCUT2D eigenvalue weighted by atomic mass is 10.2. The molecule has 2 heterocycles. The molecular weight excluding hydrogens is 302 g/mol. The maximum atomic E-state index is 13.6. The van der Waals surface area contributed by atoms with E-state index in [4.69, 9.17) is 0 Å². The van der Waals surface area contributed by atoms with Crippen LogP contribution in [0.2, 0.25) is 0 Å². The van der Waals surface area contributed by atoms with Crippen LogP contribution in [0.5, 0.6) is 0 Å². The summed E-state index contributed by atoms with van der Waals surface area (Å²) in [6.45, 7) is 3.14. The van der Waals surface area contributed by atoms with Gasteiger partial charge in [0.1, 0.15) is 17.5 Å². The van der Waals surface area contributed by atoms with E-state index in [0.717, 1.165) is 6.07 Å². The Morgan fingerprint density at radius 1 is 1.26 bits per heavy atom. The number of rotatable bonds is 3. The minimum atomic E-state index is -0.691. The van der Waals surface area contributed by atoms with E-state index in [1.54, 1.807) is 29.8 Å². The number of nitrogens with one attached hydrogen (secondary N) is 1. The summed E-state index contributed by atoms with van der Waals surface area (Å²) in [7, 11) is 0. The molecule has 5 nitrogen and oxygen atoms in total. The lowest BCUT2D eigenvalue weighted by Gasteiger charge is -2.15.